The molecule has 4 nitrogen and oxygen atoms in total. The Morgan fingerprint density at radius 3 is 2.68 bits per heavy atom. The summed E-state index contributed by atoms with van der Waals surface area (Å²) in [5.74, 6) is -0.402. The van der Waals surface area contributed by atoms with Crippen molar-refractivity contribution in [3.63, 3.8) is 0 Å². The van der Waals surface area contributed by atoms with Crippen molar-refractivity contribution in [2.75, 3.05) is 6.54 Å². The molecule has 0 aliphatic carbocycles. The van der Waals surface area contributed by atoms with Gasteiger partial charge >= 0.3 is 5.97 Å². The molecule has 0 spiro atoms. The zero-order chi connectivity index (χ0) is 13.4. The lowest BCUT2D eigenvalue weighted by Gasteiger charge is -2.36. The van der Waals surface area contributed by atoms with E-state index in [9.17, 15) is 9.59 Å². The number of halogens is 1. The highest BCUT2D eigenvalue weighted by atomic mass is 79.9. The van der Waals surface area contributed by atoms with Crippen molar-refractivity contribution in [1.29, 1.82) is 0 Å². The molecule has 1 atom stereocenters. The van der Waals surface area contributed by atoms with Gasteiger partial charge in [-0.05, 0) is 24.1 Å². The Kier molecular flexibility index (Phi) is 3.14. The van der Waals surface area contributed by atoms with Crippen LogP contribution < -0.4 is 0 Å². The van der Waals surface area contributed by atoms with E-state index in [2.05, 4.69) is 15.9 Å². The van der Waals surface area contributed by atoms with Crippen molar-refractivity contribution in [2.45, 2.75) is 19.1 Å². The Bertz CT molecular complexity index is 565. The number of carbonyl (C=O) groups is 2. The average molecular weight is 322 g/mol. The minimum Gasteiger partial charge on any atom is -0.456 e. The van der Waals surface area contributed by atoms with Gasteiger partial charge in [-0.3, -0.25) is 4.79 Å². The molecule has 5 heteroatoms. The summed E-state index contributed by atoms with van der Waals surface area (Å²) in [4.78, 5) is 25.3. The molecule has 2 aliphatic heterocycles. The molecule has 0 bridgehead atoms. The maximum atomic E-state index is 11.9. The van der Waals surface area contributed by atoms with Crippen LogP contribution in [-0.4, -0.2) is 29.2 Å². The molecule has 1 saturated heterocycles. The molecule has 1 aromatic rings. The summed E-state index contributed by atoms with van der Waals surface area (Å²) in [6.07, 6.45) is 2.24. The molecule has 1 unspecified atom stereocenters. The van der Waals surface area contributed by atoms with Gasteiger partial charge in [0.15, 0.2) is 5.78 Å². The Labute approximate surface area is 119 Å². The predicted molar refractivity (Wildman–Crippen MR) is 72.1 cm³/mol. The molecule has 1 fully saturated rings. The summed E-state index contributed by atoms with van der Waals surface area (Å²) >= 11 is 3.35. The van der Waals surface area contributed by atoms with Crippen LogP contribution in [0.2, 0.25) is 0 Å². The molecule has 1 aromatic carbocycles. The summed E-state index contributed by atoms with van der Waals surface area (Å²) in [5.41, 5.74) is 1.32. The number of carbonyl (C=O) groups excluding carboxylic acids is 2. The van der Waals surface area contributed by atoms with Crippen LogP contribution in [0.15, 0.2) is 40.5 Å². The van der Waals surface area contributed by atoms with Gasteiger partial charge in [0, 0.05) is 17.1 Å². The van der Waals surface area contributed by atoms with Crippen LogP contribution in [0.25, 0.3) is 0 Å². The van der Waals surface area contributed by atoms with E-state index < -0.39 is 5.97 Å². The van der Waals surface area contributed by atoms with Gasteiger partial charge in [0.2, 0.25) is 0 Å². The normalized spacial score (nSPS) is 20.7. The molecular formula is C14H12BrNO3. The smallest absolute Gasteiger partial charge is 0.355 e. The van der Waals surface area contributed by atoms with Gasteiger partial charge in [-0.2, -0.15) is 0 Å². The number of hydrogen-bond donors (Lipinski definition) is 0. The zero-order valence-corrected chi connectivity index (χ0v) is 11.7. The van der Waals surface area contributed by atoms with E-state index in [4.69, 9.17) is 4.74 Å². The summed E-state index contributed by atoms with van der Waals surface area (Å²) in [6.45, 7) is 0.978. The first-order valence-electron chi connectivity index (χ1n) is 6.09. The molecule has 0 saturated carbocycles. The molecule has 0 radical (unpaired) electrons. The van der Waals surface area contributed by atoms with Crippen molar-refractivity contribution in [2.24, 2.45) is 0 Å². The largest absolute Gasteiger partial charge is 0.456 e. The molecule has 3 rings (SSSR count). The quantitative estimate of drug-likeness (QED) is 0.799. The number of hydrogen-bond acceptors (Lipinski definition) is 4. The summed E-state index contributed by atoms with van der Waals surface area (Å²) in [5, 5.41) is 0. The molecule has 0 amide bonds. The van der Waals surface area contributed by atoms with Crippen LogP contribution in [0.3, 0.4) is 0 Å². The van der Waals surface area contributed by atoms with Crippen molar-refractivity contribution in [1.82, 2.24) is 4.90 Å². The standard InChI is InChI=1S/C14H12BrNO3/c15-10-3-1-9(2-4-10)8-19-14(18)12-7-13(17)11-5-6-16(11)12/h1-4,7,11H,5-6,8H2. The van der Waals surface area contributed by atoms with Crippen LogP contribution in [-0.2, 0) is 20.9 Å². The number of benzene rings is 1. The van der Waals surface area contributed by atoms with Crippen molar-refractivity contribution < 1.29 is 14.3 Å². The lowest BCUT2D eigenvalue weighted by molar-refractivity contribution is -0.143. The molecule has 2 aliphatic rings. The average Bonchev–Trinajstić information content (AvgIpc) is 2.57. The number of fused-ring (bicyclic) bond motifs is 1. The van der Waals surface area contributed by atoms with E-state index in [1.165, 1.54) is 6.08 Å². The van der Waals surface area contributed by atoms with E-state index in [0.717, 1.165) is 23.0 Å². The third-order valence-corrected chi connectivity index (χ3v) is 3.96. The number of esters is 1. The highest BCUT2D eigenvalue weighted by molar-refractivity contribution is 9.10. The van der Waals surface area contributed by atoms with Gasteiger partial charge in [0.05, 0.1) is 6.04 Å². The highest BCUT2D eigenvalue weighted by Gasteiger charge is 2.42. The second-order valence-electron chi connectivity index (χ2n) is 4.63. The number of nitrogens with zero attached hydrogens (tertiary/aromatic N) is 1. The molecule has 98 valence electrons. The van der Waals surface area contributed by atoms with E-state index in [-0.39, 0.29) is 18.4 Å². The lowest BCUT2D eigenvalue weighted by Crippen LogP contribution is -2.47. The first-order chi connectivity index (χ1) is 9.15. The third-order valence-electron chi connectivity index (χ3n) is 3.43. The van der Waals surface area contributed by atoms with Crippen molar-refractivity contribution in [3.8, 4) is 0 Å². The molecule has 2 heterocycles. The minimum atomic E-state index is -0.418. The van der Waals surface area contributed by atoms with Crippen molar-refractivity contribution >= 4 is 27.7 Å². The Balaban J connectivity index is 1.61. The van der Waals surface area contributed by atoms with Gasteiger partial charge in [0.1, 0.15) is 12.3 Å². The van der Waals surface area contributed by atoms with Crippen molar-refractivity contribution in [3.05, 3.63) is 46.1 Å². The molecule has 0 aromatic heterocycles. The van der Waals surface area contributed by atoms with Gasteiger partial charge in [-0.25, -0.2) is 4.79 Å². The van der Waals surface area contributed by atoms with Gasteiger partial charge in [-0.15, -0.1) is 0 Å². The Morgan fingerprint density at radius 2 is 2.11 bits per heavy atom. The molecule has 0 N–H and O–H groups in total. The van der Waals surface area contributed by atoms with Gasteiger partial charge in [0.25, 0.3) is 0 Å². The fourth-order valence-electron chi connectivity index (χ4n) is 2.26. The second-order valence-corrected chi connectivity index (χ2v) is 5.55. The van der Waals surface area contributed by atoms with Gasteiger partial charge in [-0.1, -0.05) is 28.1 Å². The van der Waals surface area contributed by atoms with Gasteiger partial charge < -0.3 is 9.64 Å². The maximum Gasteiger partial charge on any atom is 0.355 e. The predicted octanol–water partition coefficient (Wildman–Crippen LogP) is 2.03. The molecule has 19 heavy (non-hydrogen) atoms. The lowest BCUT2D eigenvalue weighted by atomic mass is 10.0. The first-order valence-corrected chi connectivity index (χ1v) is 6.88. The number of rotatable bonds is 3. The van der Waals surface area contributed by atoms with Crippen LogP contribution in [0.4, 0.5) is 0 Å². The SMILES string of the molecule is O=C(OCc1ccc(Br)cc1)C1=CC(=O)C2CCN12. The van der Waals surface area contributed by atoms with E-state index in [0.29, 0.717) is 5.70 Å². The minimum absolute atomic E-state index is 0.0156. The van der Waals surface area contributed by atoms with Crippen LogP contribution in [0, 0.1) is 0 Å². The van der Waals surface area contributed by atoms with Crippen LogP contribution in [0.5, 0.6) is 0 Å². The van der Waals surface area contributed by atoms with E-state index in [1.807, 2.05) is 29.2 Å². The highest BCUT2D eigenvalue weighted by Crippen LogP contribution is 2.30. The van der Waals surface area contributed by atoms with Crippen LogP contribution in [0.1, 0.15) is 12.0 Å². The Hall–Kier alpha value is -1.62. The van der Waals surface area contributed by atoms with Crippen LogP contribution >= 0.6 is 15.9 Å². The second kappa shape index (κ2) is 4.81. The Morgan fingerprint density at radius 1 is 1.37 bits per heavy atom. The zero-order valence-electron chi connectivity index (χ0n) is 10.1. The number of ether oxygens (including phenoxy) is 1. The topological polar surface area (TPSA) is 46.6 Å². The van der Waals surface area contributed by atoms with E-state index >= 15 is 0 Å². The van der Waals surface area contributed by atoms with E-state index in [1.54, 1.807) is 0 Å². The third kappa shape index (κ3) is 2.30. The monoisotopic (exact) mass is 321 g/mol. The number of ketones is 1. The molecular weight excluding hydrogens is 310 g/mol. The summed E-state index contributed by atoms with van der Waals surface area (Å²) < 4.78 is 6.22. The first kappa shape index (κ1) is 12.4. The summed E-state index contributed by atoms with van der Waals surface area (Å²) in [7, 11) is 0. The maximum absolute atomic E-state index is 11.9. The fourth-order valence-corrected chi connectivity index (χ4v) is 2.53. The summed E-state index contributed by atoms with van der Waals surface area (Å²) in [6, 6.07) is 7.45. The fraction of sp³-hybridized carbons (Fsp3) is 0.286.